The van der Waals surface area contributed by atoms with Gasteiger partial charge in [-0.3, -0.25) is 4.68 Å². The third-order valence-electron chi connectivity index (χ3n) is 3.98. The minimum absolute atomic E-state index is 0.0578. The molecule has 1 heterocycles. The highest BCUT2D eigenvalue weighted by Crippen LogP contribution is 2.35. The molecule has 1 N–H and O–H groups in total. The lowest BCUT2D eigenvalue weighted by atomic mass is 9.92. The highest BCUT2D eigenvalue weighted by molar-refractivity contribution is 5.38. The van der Waals surface area contributed by atoms with Crippen molar-refractivity contribution in [2.45, 2.75) is 39.2 Å². The van der Waals surface area contributed by atoms with Crippen LogP contribution in [0.4, 0.5) is 13.2 Å². The summed E-state index contributed by atoms with van der Waals surface area (Å²) in [6.45, 7) is 5.59. The van der Waals surface area contributed by atoms with Crippen molar-refractivity contribution in [1.82, 2.24) is 9.78 Å². The number of halogens is 3. The molecular formula is C16H19F3N2O. The van der Waals surface area contributed by atoms with Gasteiger partial charge in [0.25, 0.3) is 0 Å². The number of hydrogen-bond donors (Lipinski definition) is 1. The Balaban J connectivity index is 2.62. The predicted octanol–water partition coefficient (Wildman–Crippen LogP) is 3.74. The van der Waals surface area contributed by atoms with E-state index in [1.165, 1.54) is 0 Å². The standard InChI is InChI=1S/C16H19F3N2O/c1-5-8(2)15-13(9(3)20-21(15)4)16(22)14-11(18)6-10(17)7-12(14)19/h6-8,16,22H,5H2,1-4H3. The monoisotopic (exact) mass is 312 g/mol. The largest absolute Gasteiger partial charge is 0.383 e. The Kier molecular flexibility index (Phi) is 4.60. The van der Waals surface area contributed by atoms with Gasteiger partial charge in [-0.1, -0.05) is 13.8 Å². The molecule has 0 saturated heterocycles. The van der Waals surface area contributed by atoms with Crippen LogP contribution in [-0.4, -0.2) is 14.9 Å². The van der Waals surface area contributed by atoms with E-state index in [4.69, 9.17) is 0 Å². The second kappa shape index (κ2) is 6.12. The normalized spacial score (nSPS) is 14.2. The first kappa shape index (κ1) is 16.5. The number of aliphatic hydroxyl groups is 1. The Morgan fingerprint density at radius 3 is 2.23 bits per heavy atom. The molecule has 0 radical (unpaired) electrons. The number of aliphatic hydroxyl groups excluding tert-OH is 1. The van der Waals surface area contributed by atoms with Crippen LogP contribution in [-0.2, 0) is 7.05 Å². The summed E-state index contributed by atoms with van der Waals surface area (Å²) in [7, 11) is 1.72. The first-order valence-corrected chi connectivity index (χ1v) is 7.13. The maximum atomic E-state index is 13.9. The van der Waals surface area contributed by atoms with Crippen LogP contribution in [0.25, 0.3) is 0 Å². The number of aryl methyl sites for hydroxylation is 2. The van der Waals surface area contributed by atoms with Crippen molar-refractivity contribution < 1.29 is 18.3 Å². The van der Waals surface area contributed by atoms with Crippen LogP contribution in [0.15, 0.2) is 12.1 Å². The SMILES string of the molecule is CCC(C)c1c(C(O)c2c(F)cc(F)cc2F)c(C)nn1C. The van der Waals surface area contributed by atoms with Gasteiger partial charge >= 0.3 is 0 Å². The molecule has 3 nitrogen and oxygen atoms in total. The second-order valence-electron chi connectivity index (χ2n) is 5.50. The molecule has 0 aliphatic rings. The molecule has 1 aromatic heterocycles. The second-order valence-corrected chi connectivity index (χ2v) is 5.50. The van der Waals surface area contributed by atoms with Crippen LogP contribution in [0.3, 0.4) is 0 Å². The Hall–Kier alpha value is -1.82. The van der Waals surface area contributed by atoms with E-state index in [-0.39, 0.29) is 5.92 Å². The average molecular weight is 312 g/mol. The van der Waals surface area contributed by atoms with Crippen LogP contribution in [0.5, 0.6) is 0 Å². The van der Waals surface area contributed by atoms with Crippen LogP contribution in [0, 0.1) is 24.4 Å². The van der Waals surface area contributed by atoms with Gasteiger partial charge in [-0.2, -0.15) is 5.10 Å². The van der Waals surface area contributed by atoms with Crippen molar-refractivity contribution in [1.29, 1.82) is 0 Å². The summed E-state index contributed by atoms with van der Waals surface area (Å²) < 4.78 is 42.5. The van der Waals surface area contributed by atoms with Crippen LogP contribution in [0.2, 0.25) is 0 Å². The predicted molar refractivity (Wildman–Crippen MR) is 77.0 cm³/mol. The van der Waals surface area contributed by atoms with Gasteiger partial charge in [0, 0.05) is 30.4 Å². The molecule has 2 rings (SSSR count). The van der Waals surface area contributed by atoms with Crippen molar-refractivity contribution in [3.63, 3.8) is 0 Å². The van der Waals surface area contributed by atoms with Crippen molar-refractivity contribution in [3.8, 4) is 0 Å². The molecule has 22 heavy (non-hydrogen) atoms. The summed E-state index contributed by atoms with van der Waals surface area (Å²) in [5.41, 5.74) is 1.03. The zero-order chi connectivity index (χ0) is 16.6. The lowest BCUT2D eigenvalue weighted by molar-refractivity contribution is 0.206. The Labute approximate surface area is 127 Å². The van der Waals surface area contributed by atoms with E-state index in [9.17, 15) is 18.3 Å². The molecule has 0 fully saturated rings. The molecule has 0 aliphatic heterocycles. The average Bonchev–Trinajstić information content (AvgIpc) is 2.71. The van der Waals surface area contributed by atoms with E-state index >= 15 is 0 Å². The van der Waals surface area contributed by atoms with E-state index in [0.717, 1.165) is 12.1 Å². The molecule has 0 amide bonds. The molecular weight excluding hydrogens is 293 g/mol. The molecule has 1 aromatic carbocycles. The summed E-state index contributed by atoms with van der Waals surface area (Å²) >= 11 is 0. The first-order chi connectivity index (χ1) is 10.3. The third kappa shape index (κ3) is 2.75. The number of hydrogen-bond acceptors (Lipinski definition) is 2. The fraction of sp³-hybridized carbons (Fsp3) is 0.438. The molecule has 0 saturated carbocycles. The van der Waals surface area contributed by atoms with Gasteiger partial charge in [0.2, 0.25) is 0 Å². The van der Waals surface area contributed by atoms with E-state index < -0.39 is 29.1 Å². The van der Waals surface area contributed by atoms with Gasteiger partial charge in [-0.25, -0.2) is 13.2 Å². The highest BCUT2D eigenvalue weighted by Gasteiger charge is 2.29. The quantitative estimate of drug-likeness (QED) is 0.934. The van der Waals surface area contributed by atoms with Crippen LogP contribution < -0.4 is 0 Å². The van der Waals surface area contributed by atoms with E-state index in [2.05, 4.69) is 5.10 Å². The molecule has 2 unspecified atom stereocenters. The zero-order valence-corrected chi connectivity index (χ0v) is 13.0. The van der Waals surface area contributed by atoms with Gasteiger partial charge in [0.15, 0.2) is 0 Å². The number of benzene rings is 1. The summed E-state index contributed by atoms with van der Waals surface area (Å²) in [6, 6.07) is 1.13. The van der Waals surface area contributed by atoms with E-state index in [1.54, 1.807) is 18.7 Å². The summed E-state index contributed by atoms with van der Waals surface area (Å²) in [4.78, 5) is 0. The summed E-state index contributed by atoms with van der Waals surface area (Å²) in [6.07, 6.45) is -0.745. The summed E-state index contributed by atoms with van der Waals surface area (Å²) in [5, 5.41) is 14.7. The summed E-state index contributed by atoms with van der Waals surface area (Å²) in [5.74, 6) is -3.18. The van der Waals surface area contributed by atoms with Crippen molar-refractivity contribution >= 4 is 0 Å². The minimum atomic E-state index is -1.53. The Bertz CT molecular complexity index is 674. The molecule has 0 bridgehead atoms. The smallest absolute Gasteiger partial charge is 0.135 e. The van der Waals surface area contributed by atoms with Gasteiger partial charge in [-0.15, -0.1) is 0 Å². The van der Waals surface area contributed by atoms with Crippen LogP contribution >= 0.6 is 0 Å². The fourth-order valence-corrected chi connectivity index (χ4v) is 2.77. The van der Waals surface area contributed by atoms with E-state index in [0.29, 0.717) is 23.4 Å². The lowest BCUT2D eigenvalue weighted by Crippen LogP contribution is -2.12. The molecule has 0 aliphatic carbocycles. The fourth-order valence-electron chi connectivity index (χ4n) is 2.77. The third-order valence-corrected chi connectivity index (χ3v) is 3.98. The van der Waals surface area contributed by atoms with Gasteiger partial charge < -0.3 is 5.11 Å². The maximum absolute atomic E-state index is 13.9. The van der Waals surface area contributed by atoms with Crippen LogP contribution in [0.1, 0.15) is 54.8 Å². The van der Waals surface area contributed by atoms with Gasteiger partial charge in [-0.05, 0) is 19.3 Å². The van der Waals surface area contributed by atoms with Crippen molar-refractivity contribution in [3.05, 3.63) is 52.1 Å². The topological polar surface area (TPSA) is 38.1 Å². The maximum Gasteiger partial charge on any atom is 0.135 e. The van der Waals surface area contributed by atoms with E-state index in [1.807, 2.05) is 13.8 Å². The highest BCUT2D eigenvalue weighted by atomic mass is 19.1. The molecule has 120 valence electrons. The first-order valence-electron chi connectivity index (χ1n) is 7.13. The number of nitrogens with zero attached hydrogens (tertiary/aromatic N) is 2. The number of aromatic nitrogens is 2. The number of rotatable bonds is 4. The molecule has 0 spiro atoms. The van der Waals surface area contributed by atoms with Gasteiger partial charge in [0.05, 0.1) is 11.3 Å². The zero-order valence-electron chi connectivity index (χ0n) is 13.0. The molecule has 2 aromatic rings. The minimum Gasteiger partial charge on any atom is -0.383 e. The lowest BCUT2D eigenvalue weighted by Gasteiger charge is -2.18. The Morgan fingerprint density at radius 2 is 1.73 bits per heavy atom. The Morgan fingerprint density at radius 1 is 1.18 bits per heavy atom. The van der Waals surface area contributed by atoms with Gasteiger partial charge in [0.1, 0.15) is 23.6 Å². The van der Waals surface area contributed by atoms with Crippen molar-refractivity contribution in [2.24, 2.45) is 7.05 Å². The molecule has 6 heteroatoms. The van der Waals surface area contributed by atoms with Crippen molar-refractivity contribution in [2.75, 3.05) is 0 Å². The molecule has 2 atom stereocenters.